The lowest BCUT2D eigenvalue weighted by molar-refractivity contribution is -0.139. The first kappa shape index (κ1) is 28.8. The molecule has 0 N–H and O–H groups in total. The maximum absolute atomic E-state index is 13.9. The van der Waals surface area contributed by atoms with Crippen LogP contribution >= 0.6 is 11.3 Å². The number of rotatable bonds is 9. The molecule has 216 valence electrons. The van der Waals surface area contributed by atoms with Crippen molar-refractivity contribution in [2.45, 2.75) is 26.5 Å². The number of hydrogen-bond donors (Lipinski definition) is 0. The summed E-state index contributed by atoms with van der Waals surface area (Å²) in [5, 5.41) is 0. The summed E-state index contributed by atoms with van der Waals surface area (Å²) < 4.78 is 38.0. The van der Waals surface area contributed by atoms with E-state index in [9.17, 15) is 14.0 Å². The van der Waals surface area contributed by atoms with E-state index in [2.05, 4.69) is 4.99 Å². The summed E-state index contributed by atoms with van der Waals surface area (Å²) in [7, 11) is 3.07. The Bertz CT molecular complexity index is 1840. The van der Waals surface area contributed by atoms with Crippen LogP contribution in [-0.4, -0.2) is 31.4 Å². The third kappa shape index (κ3) is 5.71. The Kier molecular flexibility index (Phi) is 8.53. The molecule has 0 bridgehead atoms. The minimum absolute atomic E-state index is 0.0988. The molecule has 1 aliphatic rings. The number of nitrogens with zero attached hydrogens (tertiary/aromatic N) is 2. The van der Waals surface area contributed by atoms with Crippen LogP contribution in [0.1, 0.15) is 36.6 Å². The predicted octanol–water partition coefficient (Wildman–Crippen LogP) is 4.53. The van der Waals surface area contributed by atoms with Crippen LogP contribution in [0.2, 0.25) is 0 Å². The average molecular weight is 589 g/mol. The minimum atomic E-state index is -0.822. The van der Waals surface area contributed by atoms with Gasteiger partial charge in [0.1, 0.15) is 35.7 Å². The third-order valence-corrected chi connectivity index (χ3v) is 7.77. The van der Waals surface area contributed by atoms with Gasteiger partial charge in [-0.25, -0.2) is 14.2 Å². The summed E-state index contributed by atoms with van der Waals surface area (Å²) in [6.07, 6.45) is 1.76. The van der Waals surface area contributed by atoms with Gasteiger partial charge >= 0.3 is 5.97 Å². The first-order valence-corrected chi connectivity index (χ1v) is 14.0. The lowest BCUT2D eigenvalue weighted by atomic mass is 9.95. The molecule has 0 amide bonds. The highest BCUT2D eigenvalue weighted by atomic mass is 32.1. The van der Waals surface area contributed by atoms with Gasteiger partial charge in [0.2, 0.25) is 0 Å². The molecule has 10 heteroatoms. The van der Waals surface area contributed by atoms with Gasteiger partial charge in [0, 0.05) is 17.2 Å². The van der Waals surface area contributed by atoms with Crippen molar-refractivity contribution in [3.8, 4) is 17.2 Å². The van der Waals surface area contributed by atoms with E-state index in [1.807, 2.05) is 12.1 Å². The van der Waals surface area contributed by atoms with Gasteiger partial charge in [0.05, 0.1) is 36.6 Å². The lowest BCUT2D eigenvalue weighted by Gasteiger charge is -2.26. The van der Waals surface area contributed by atoms with Gasteiger partial charge in [-0.15, -0.1) is 0 Å². The Balaban J connectivity index is 1.54. The van der Waals surface area contributed by atoms with Gasteiger partial charge < -0.3 is 18.9 Å². The largest absolute Gasteiger partial charge is 0.497 e. The summed E-state index contributed by atoms with van der Waals surface area (Å²) in [5.41, 5.74) is 2.23. The van der Waals surface area contributed by atoms with E-state index in [4.69, 9.17) is 18.9 Å². The van der Waals surface area contributed by atoms with E-state index < -0.39 is 12.0 Å². The van der Waals surface area contributed by atoms with Gasteiger partial charge in [-0.05, 0) is 55.8 Å². The highest BCUT2D eigenvalue weighted by Gasteiger charge is 2.35. The first-order chi connectivity index (χ1) is 20.3. The first-order valence-electron chi connectivity index (χ1n) is 13.2. The number of methoxy groups -OCH3 is 2. The van der Waals surface area contributed by atoms with Gasteiger partial charge in [-0.1, -0.05) is 41.7 Å². The van der Waals surface area contributed by atoms with Crippen LogP contribution in [0.25, 0.3) is 6.08 Å². The molecule has 1 aromatic heterocycles. The van der Waals surface area contributed by atoms with Crippen molar-refractivity contribution in [1.82, 2.24) is 4.57 Å². The van der Waals surface area contributed by atoms with Crippen molar-refractivity contribution >= 4 is 23.4 Å². The molecule has 0 unspecified atom stereocenters. The molecule has 8 nitrogen and oxygen atoms in total. The van der Waals surface area contributed by atoms with Crippen LogP contribution in [0.3, 0.4) is 0 Å². The van der Waals surface area contributed by atoms with Crippen LogP contribution in [-0.2, 0) is 16.1 Å². The zero-order chi connectivity index (χ0) is 29.8. The molecule has 0 aliphatic carbocycles. The van der Waals surface area contributed by atoms with Crippen LogP contribution in [0.4, 0.5) is 4.39 Å². The lowest BCUT2D eigenvalue weighted by Crippen LogP contribution is -2.40. The van der Waals surface area contributed by atoms with E-state index in [-0.39, 0.29) is 30.2 Å². The summed E-state index contributed by atoms with van der Waals surface area (Å²) in [4.78, 5) is 32.1. The number of esters is 1. The number of carbonyl (C=O) groups is 1. The number of benzene rings is 3. The quantitative estimate of drug-likeness (QED) is 0.267. The van der Waals surface area contributed by atoms with Crippen molar-refractivity contribution in [2.75, 3.05) is 20.8 Å². The smallest absolute Gasteiger partial charge is 0.338 e. The van der Waals surface area contributed by atoms with Crippen LogP contribution in [0, 0.1) is 5.82 Å². The van der Waals surface area contributed by atoms with E-state index in [1.54, 1.807) is 75.6 Å². The number of aromatic nitrogens is 1. The molecule has 42 heavy (non-hydrogen) atoms. The Morgan fingerprint density at radius 1 is 1.05 bits per heavy atom. The molecule has 0 saturated heterocycles. The third-order valence-electron chi connectivity index (χ3n) is 6.78. The molecule has 4 aromatic rings. The molecule has 1 aliphatic heterocycles. The highest BCUT2D eigenvalue weighted by molar-refractivity contribution is 7.07. The second kappa shape index (κ2) is 12.4. The summed E-state index contributed by atoms with van der Waals surface area (Å²) in [6.45, 7) is 3.72. The fourth-order valence-electron chi connectivity index (χ4n) is 4.72. The maximum atomic E-state index is 13.9. The zero-order valence-corrected chi connectivity index (χ0v) is 24.4. The van der Waals surface area contributed by atoms with E-state index in [1.165, 1.54) is 29.1 Å². The summed E-state index contributed by atoms with van der Waals surface area (Å²) in [6, 6.07) is 18.0. The number of thiazole rings is 1. The minimum Gasteiger partial charge on any atom is -0.497 e. The summed E-state index contributed by atoms with van der Waals surface area (Å²) >= 11 is 1.22. The molecule has 0 saturated carbocycles. The topological polar surface area (TPSA) is 88.4 Å². The molecular formula is C32H29FN2O6S. The number of allylic oxidation sites excluding steroid dienone is 1. The van der Waals surface area contributed by atoms with Gasteiger partial charge in [-0.2, -0.15) is 0 Å². The number of carbonyl (C=O) groups excluding carboxylic acids is 1. The number of ether oxygens (including phenoxy) is 4. The average Bonchev–Trinajstić information content (AvgIpc) is 3.30. The summed E-state index contributed by atoms with van der Waals surface area (Å²) in [5.74, 6) is 0.718. The predicted molar refractivity (Wildman–Crippen MR) is 157 cm³/mol. The monoisotopic (exact) mass is 588 g/mol. The zero-order valence-electron chi connectivity index (χ0n) is 23.5. The molecule has 5 rings (SSSR count). The SMILES string of the molecule is CCOC(=O)C1=C(C)N=c2s/c(=C\c3ccc(OCc4ccccc4F)cc3)c(=O)n2[C@@H]1c1ccc(OC)cc1OC. The Morgan fingerprint density at radius 2 is 1.79 bits per heavy atom. The second-order valence-corrected chi connectivity index (χ2v) is 10.4. The molecule has 1 atom stereocenters. The van der Waals surface area contributed by atoms with Crippen molar-refractivity contribution < 1.29 is 28.1 Å². The maximum Gasteiger partial charge on any atom is 0.338 e. The fourth-order valence-corrected chi connectivity index (χ4v) is 5.76. The molecular weight excluding hydrogens is 559 g/mol. The molecule has 0 spiro atoms. The van der Waals surface area contributed by atoms with E-state index >= 15 is 0 Å². The molecule has 3 aromatic carbocycles. The Labute approximate surface area is 245 Å². The normalized spacial score (nSPS) is 14.7. The number of hydrogen-bond acceptors (Lipinski definition) is 8. The second-order valence-electron chi connectivity index (χ2n) is 9.36. The Morgan fingerprint density at radius 3 is 2.48 bits per heavy atom. The number of halogens is 1. The van der Waals surface area contributed by atoms with Crippen LogP contribution in [0.15, 0.2) is 87.8 Å². The van der Waals surface area contributed by atoms with Crippen LogP contribution in [0.5, 0.6) is 17.2 Å². The fraction of sp³-hybridized carbons (Fsp3) is 0.219. The van der Waals surface area contributed by atoms with Crippen molar-refractivity contribution in [3.05, 3.63) is 120 Å². The van der Waals surface area contributed by atoms with E-state index in [0.717, 1.165) is 5.56 Å². The molecule has 0 fully saturated rings. The molecule has 0 radical (unpaired) electrons. The standard InChI is InChI=1S/C32H29FN2O6S/c1-5-40-31(37)28-19(2)34-32-35(29(28)24-15-14-23(38-3)17-26(24)39-4)30(36)27(42-32)16-20-10-12-22(13-11-20)41-18-21-8-6-7-9-25(21)33/h6-17,29H,5,18H2,1-4H3/b27-16-/t29-/m1/s1. The van der Waals surface area contributed by atoms with Crippen molar-refractivity contribution in [3.63, 3.8) is 0 Å². The van der Waals surface area contributed by atoms with Crippen LogP contribution < -0.4 is 29.1 Å². The Hall–Kier alpha value is -4.70. The highest BCUT2D eigenvalue weighted by Crippen LogP contribution is 2.37. The van der Waals surface area contributed by atoms with E-state index in [0.29, 0.717) is 43.4 Å². The van der Waals surface area contributed by atoms with Crippen molar-refractivity contribution in [1.29, 1.82) is 0 Å². The van der Waals surface area contributed by atoms with Gasteiger partial charge in [-0.3, -0.25) is 9.36 Å². The van der Waals surface area contributed by atoms with Gasteiger partial charge in [0.15, 0.2) is 4.80 Å². The number of fused-ring (bicyclic) bond motifs is 1. The van der Waals surface area contributed by atoms with Gasteiger partial charge in [0.25, 0.3) is 5.56 Å². The molecule has 2 heterocycles. The van der Waals surface area contributed by atoms with Crippen molar-refractivity contribution in [2.24, 2.45) is 4.99 Å².